The van der Waals surface area contributed by atoms with Crippen LogP contribution in [0.15, 0.2) is 42.5 Å². The normalized spacial score (nSPS) is 33.1. The summed E-state index contributed by atoms with van der Waals surface area (Å²) in [7, 11) is 4.12. The van der Waals surface area contributed by atoms with E-state index in [1.54, 1.807) is 0 Å². The van der Waals surface area contributed by atoms with Gasteiger partial charge in [0.05, 0.1) is 5.60 Å². The summed E-state index contributed by atoms with van der Waals surface area (Å²) in [5.74, 6) is 2.22. The topological polar surface area (TPSA) is 71.9 Å². The van der Waals surface area contributed by atoms with Gasteiger partial charge in [-0.15, -0.1) is 0 Å². The smallest absolute Gasteiger partial charge is 0.270 e. The lowest BCUT2D eigenvalue weighted by atomic mass is 9.52. The number of anilines is 3. The molecule has 4 bridgehead atoms. The summed E-state index contributed by atoms with van der Waals surface area (Å²) >= 11 is 0. The third-order valence-electron chi connectivity index (χ3n) is 9.16. The summed E-state index contributed by atoms with van der Waals surface area (Å²) in [5.41, 5.74) is 2.46. The fourth-order valence-corrected chi connectivity index (χ4v) is 7.65. The molecule has 2 N–H and O–H groups in total. The van der Waals surface area contributed by atoms with E-state index in [-0.39, 0.29) is 18.0 Å². The molecule has 1 amide bonds. The summed E-state index contributed by atoms with van der Waals surface area (Å²) in [5, 5.41) is 14.2. The van der Waals surface area contributed by atoms with E-state index in [9.17, 15) is 9.90 Å². The van der Waals surface area contributed by atoms with Gasteiger partial charge in [-0.2, -0.15) is 0 Å². The molecule has 0 radical (unpaired) electrons. The Morgan fingerprint density at radius 1 is 1.06 bits per heavy atom. The molecular formula is C29H39N5O2. The van der Waals surface area contributed by atoms with Crippen LogP contribution in [-0.4, -0.2) is 67.4 Å². The van der Waals surface area contributed by atoms with Crippen molar-refractivity contribution in [2.75, 3.05) is 48.4 Å². The number of aromatic nitrogens is 1. The number of piperazine rings is 1. The van der Waals surface area contributed by atoms with E-state index in [1.165, 1.54) is 11.4 Å². The van der Waals surface area contributed by atoms with Gasteiger partial charge in [-0.1, -0.05) is 6.07 Å². The summed E-state index contributed by atoms with van der Waals surface area (Å²) in [4.78, 5) is 25.0. The summed E-state index contributed by atoms with van der Waals surface area (Å²) in [6.45, 7) is 4.92. The Morgan fingerprint density at radius 3 is 2.42 bits per heavy atom. The fourth-order valence-electron chi connectivity index (χ4n) is 7.65. The number of nitrogens with one attached hydrogen (secondary N) is 1. The van der Waals surface area contributed by atoms with Crippen LogP contribution in [0.3, 0.4) is 0 Å². The molecular weight excluding hydrogens is 450 g/mol. The zero-order valence-corrected chi connectivity index (χ0v) is 21.7. The highest BCUT2D eigenvalue weighted by Gasteiger charge is 2.55. The number of benzene rings is 1. The highest BCUT2D eigenvalue weighted by atomic mass is 16.3. The van der Waals surface area contributed by atoms with Crippen molar-refractivity contribution >= 4 is 23.1 Å². The minimum Gasteiger partial charge on any atom is -0.390 e. The second-order valence-corrected chi connectivity index (χ2v) is 12.0. The first-order valence-electron chi connectivity index (χ1n) is 13.6. The molecule has 1 saturated heterocycles. The van der Waals surface area contributed by atoms with Crippen molar-refractivity contribution in [3.8, 4) is 0 Å². The second-order valence-electron chi connectivity index (χ2n) is 12.0. The highest BCUT2D eigenvalue weighted by Crippen LogP contribution is 2.55. The molecule has 2 heterocycles. The first-order chi connectivity index (χ1) is 17.3. The van der Waals surface area contributed by atoms with Crippen LogP contribution in [0.25, 0.3) is 0 Å². The maximum absolute atomic E-state index is 13.3. The molecule has 5 fully saturated rings. The van der Waals surface area contributed by atoms with E-state index in [0.717, 1.165) is 57.6 Å². The minimum absolute atomic E-state index is 0.0754. The molecule has 1 aliphatic heterocycles. The number of hydrogen-bond acceptors (Lipinski definition) is 6. The zero-order chi connectivity index (χ0) is 25.0. The lowest BCUT2D eigenvalue weighted by Gasteiger charge is -2.58. The Morgan fingerprint density at radius 2 is 1.78 bits per heavy atom. The molecule has 7 rings (SSSR count). The monoisotopic (exact) mass is 489 g/mol. The van der Waals surface area contributed by atoms with E-state index in [0.29, 0.717) is 23.4 Å². The standard InChI is InChI=1S/C29H39N5O2/c1-19-18-33(24-9-7-23(8-10-24)32(2)3)11-12-34(19)26-6-4-5-25(30-26)28(35)31-27-21-13-20-14-22(27)17-29(36,15-20)16-21/h4-10,19-22,27,36H,11-18H2,1-3H3,(H,31,35)/t19-,20?,21?,22?,27-,29-/m1/s1. The van der Waals surface area contributed by atoms with Crippen LogP contribution < -0.4 is 20.0 Å². The molecule has 36 heavy (non-hydrogen) atoms. The summed E-state index contributed by atoms with van der Waals surface area (Å²) < 4.78 is 0. The number of hydrogen-bond donors (Lipinski definition) is 2. The third kappa shape index (κ3) is 4.32. The lowest BCUT2D eigenvalue weighted by molar-refractivity contribution is -0.136. The Balaban J connectivity index is 1.11. The van der Waals surface area contributed by atoms with Gasteiger partial charge in [-0.25, -0.2) is 4.98 Å². The maximum atomic E-state index is 13.3. The highest BCUT2D eigenvalue weighted by molar-refractivity contribution is 5.93. The summed E-state index contributed by atoms with van der Waals surface area (Å²) in [6, 6.07) is 15.0. The van der Waals surface area contributed by atoms with Crippen molar-refractivity contribution in [2.24, 2.45) is 17.8 Å². The predicted octanol–water partition coefficient (Wildman–Crippen LogP) is 3.53. The number of carbonyl (C=O) groups excluding carboxylic acids is 1. The molecule has 7 nitrogen and oxygen atoms in total. The molecule has 0 spiro atoms. The molecule has 4 aliphatic carbocycles. The van der Waals surface area contributed by atoms with Crippen LogP contribution in [0.4, 0.5) is 17.2 Å². The van der Waals surface area contributed by atoms with Crippen LogP contribution in [0.2, 0.25) is 0 Å². The average Bonchev–Trinajstić information content (AvgIpc) is 2.85. The van der Waals surface area contributed by atoms with Gasteiger partial charge in [0.2, 0.25) is 0 Å². The van der Waals surface area contributed by atoms with E-state index < -0.39 is 5.60 Å². The van der Waals surface area contributed by atoms with Crippen molar-refractivity contribution in [1.82, 2.24) is 10.3 Å². The van der Waals surface area contributed by atoms with E-state index in [1.807, 2.05) is 18.2 Å². The van der Waals surface area contributed by atoms with Crippen LogP contribution in [0.5, 0.6) is 0 Å². The fraction of sp³-hybridized carbons (Fsp3) is 0.586. The van der Waals surface area contributed by atoms with Gasteiger partial charge in [0.25, 0.3) is 5.91 Å². The van der Waals surface area contributed by atoms with Crippen molar-refractivity contribution in [2.45, 2.75) is 56.7 Å². The van der Waals surface area contributed by atoms with Crippen molar-refractivity contribution in [3.05, 3.63) is 48.2 Å². The molecule has 4 saturated carbocycles. The number of rotatable bonds is 5. The van der Waals surface area contributed by atoms with E-state index in [2.05, 4.69) is 65.3 Å². The molecule has 2 unspecified atom stereocenters. The van der Waals surface area contributed by atoms with Crippen molar-refractivity contribution in [3.63, 3.8) is 0 Å². The van der Waals surface area contributed by atoms with E-state index in [4.69, 9.17) is 4.98 Å². The van der Waals surface area contributed by atoms with E-state index >= 15 is 0 Å². The van der Waals surface area contributed by atoms with Crippen LogP contribution in [0.1, 0.15) is 49.5 Å². The number of pyridine rings is 1. The zero-order valence-electron chi connectivity index (χ0n) is 21.7. The number of nitrogens with zero attached hydrogens (tertiary/aromatic N) is 4. The molecule has 2 aromatic rings. The molecule has 1 aromatic carbocycles. The Bertz CT molecular complexity index is 1100. The van der Waals surface area contributed by atoms with Crippen LogP contribution in [-0.2, 0) is 0 Å². The van der Waals surface area contributed by atoms with Crippen molar-refractivity contribution < 1.29 is 9.90 Å². The largest absolute Gasteiger partial charge is 0.390 e. The first kappa shape index (κ1) is 23.6. The molecule has 5 aliphatic rings. The maximum Gasteiger partial charge on any atom is 0.270 e. The number of carbonyl (C=O) groups is 1. The van der Waals surface area contributed by atoms with Gasteiger partial charge < -0.3 is 25.1 Å². The Hall–Kier alpha value is -2.80. The Kier molecular flexibility index (Phi) is 5.86. The van der Waals surface area contributed by atoms with Gasteiger partial charge in [-0.05, 0) is 93.2 Å². The summed E-state index contributed by atoms with van der Waals surface area (Å²) in [6.07, 6.45) is 4.89. The van der Waals surface area contributed by atoms with Crippen molar-refractivity contribution in [1.29, 1.82) is 0 Å². The van der Waals surface area contributed by atoms with Crippen LogP contribution in [0, 0.1) is 17.8 Å². The quantitative estimate of drug-likeness (QED) is 0.670. The minimum atomic E-state index is -0.484. The predicted molar refractivity (Wildman–Crippen MR) is 144 cm³/mol. The van der Waals surface area contributed by atoms with Gasteiger partial charge in [-0.3, -0.25) is 4.79 Å². The second kappa shape index (κ2) is 8.94. The first-order valence-corrected chi connectivity index (χ1v) is 13.6. The van der Waals surface area contributed by atoms with Gasteiger partial charge >= 0.3 is 0 Å². The number of amides is 1. The molecule has 3 atom stereocenters. The SMILES string of the molecule is C[C@@H]1CN(c2ccc(N(C)C)cc2)CCN1c1cccc(C(=O)N[C@H]2C3CC4CC2C[C@](O)(C4)C3)n1. The average molecular weight is 490 g/mol. The third-order valence-corrected chi connectivity index (χ3v) is 9.16. The lowest BCUT2D eigenvalue weighted by Crippen LogP contribution is -2.61. The molecule has 192 valence electrons. The number of aliphatic hydroxyl groups is 1. The molecule has 1 aromatic heterocycles. The van der Waals surface area contributed by atoms with Crippen LogP contribution >= 0.6 is 0 Å². The van der Waals surface area contributed by atoms with Gasteiger partial charge in [0.15, 0.2) is 0 Å². The molecule has 7 heteroatoms. The van der Waals surface area contributed by atoms with Gasteiger partial charge in [0, 0.05) is 57.2 Å². The Labute approximate surface area is 214 Å². The van der Waals surface area contributed by atoms with Gasteiger partial charge in [0.1, 0.15) is 11.5 Å².